The van der Waals surface area contributed by atoms with Gasteiger partial charge in [-0.3, -0.25) is 4.90 Å². The second-order valence-electron chi connectivity index (χ2n) is 4.90. The van der Waals surface area contributed by atoms with Gasteiger partial charge in [0.2, 0.25) is 5.89 Å². The third kappa shape index (κ3) is 3.00. The number of hydrogen-bond donors (Lipinski definition) is 1. The molecule has 3 rings (SSSR count). The fourth-order valence-corrected chi connectivity index (χ4v) is 2.82. The molecule has 4 nitrogen and oxygen atoms in total. The van der Waals surface area contributed by atoms with E-state index in [4.69, 9.17) is 10.2 Å². The maximum atomic E-state index is 5.75. The Morgan fingerprint density at radius 3 is 3.05 bits per heavy atom. The maximum absolute atomic E-state index is 5.75. The number of nitrogens with two attached hydrogens (primary N) is 1. The molecule has 0 unspecified atom stereocenters. The van der Waals surface area contributed by atoms with Crippen LogP contribution >= 0.6 is 11.3 Å². The molecule has 2 heterocycles. The highest BCUT2D eigenvalue weighted by Gasteiger charge is 2.09. The fourth-order valence-electron chi connectivity index (χ4n) is 2.13. The third-order valence-corrected chi connectivity index (χ3v) is 4.12. The van der Waals surface area contributed by atoms with Crippen LogP contribution in [0, 0.1) is 0 Å². The van der Waals surface area contributed by atoms with Gasteiger partial charge in [0.05, 0.1) is 6.54 Å². The summed E-state index contributed by atoms with van der Waals surface area (Å²) in [5.74, 6) is 0.735. The molecular weight excluding hydrogens is 270 g/mol. The standard InChI is InChI=1S/C15H17N3OS/c1-18(7-6-12-3-2-8-20-12)10-15-17-13-9-11(16)4-5-14(13)19-15/h2-5,8-9H,6-7,10,16H2,1H3. The monoisotopic (exact) mass is 287 g/mol. The Hall–Kier alpha value is -1.85. The van der Waals surface area contributed by atoms with E-state index < -0.39 is 0 Å². The van der Waals surface area contributed by atoms with E-state index in [9.17, 15) is 0 Å². The Morgan fingerprint density at radius 2 is 2.25 bits per heavy atom. The molecule has 0 saturated carbocycles. The number of nitrogen functional groups attached to an aromatic ring is 1. The highest BCUT2D eigenvalue weighted by atomic mass is 32.1. The minimum atomic E-state index is 0.708. The summed E-state index contributed by atoms with van der Waals surface area (Å²) in [6, 6.07) is 9.80. The molecule has 0 amide bonds. The lowest BCUT2D eigenvalue weighted by atomic mass is 10.3. The van der Waals surface area contributed by atoms with Gasteiger partial charge >= 0.3 is 0 Å². The Balaban J connectivity index is 1.63. The first-order valence-electron chi connectivity index (χ1n) is 6.56. The van der Waals surface area contributed by atoms with E-state index in [0.717, 1.165) is 30.0 Å². The highest BCUT2D eigenvalue weighted by Crippen LogP contribution is 2.19. The molecule has 0 bridgehead atoms. The number of oxazole rings is 1. The van der Waals surface area contributed by atoms with E-state index in [2.05, 4.69) is 34.4 Å². The zero-order valence-electron chi connectivity index (χ0n) is 11.4. The molecule has 0 fully saturated rings. The number of rotatable bonds is 5. The summed E-state index contributed by atoms with van der Waals surface area (Å²) in [5.41, 5.74) is 8.07. The minimum Gasteiger partial charge on any atom is -0.439 e. The van der Waals surface area contributed by atoms with Gasteiger partial charge in [-0.05, 0) is 43.1 Å². The van der Waals surface area contributed by atoms with Crippen LogP contribution in [0.15, 0.2) is 40.1 Å². The van der Waals surface area contributed by atoms with Crippen LogP contribution in [0.1, 0.15) is 10.8 Å². The molecule has 0 saturated heterocycles. The van der Waals surface area contributed by atoms with Crippen molar-refractivity contribution in [2.45, 2.75) is 13.0 Å². The lowest BCUT2D eigenvalue weighted by Gasteiger charge is -2.13. The van der Waals surface area contributed by atoms with Crippen molar-refractivity contribution < 1.29 is 4.42 Å². The molecule has 0 atom stereocenters. The van der Waals surface area contributed by atoms with Crippen LogP contribution in [0.3, 0.4) is 0 Å². The molecule has 0 aliphatic carbocycles. The van der Waals surface area contributed by atoms with Crippen molar-refractivity contribution in [2.75, 3.05) is 19.3 Å². The van der Waals surface area contributed by atoms with Crippen LogP contribution in [-0.4, -0.2) is 23.5 Å². The van der Waals surface area contributed by atoms with E-state index in [-0.39, 0.29) is 0 Å². The molecule has 104 valence electrons. The molecule has 0 aliphatic heterocycles. The lowest BCUT2D eigenvalue weighted by Crippen LogP contribution is -2.20. The van der Waals surface area contributed by atoms with Gasteiger partial charge in [-0.15, -0.1) is 11.3 Å². The second kappa shape index (κ2) is 5.64. The zero-order valence-corrected chi connectivity index (χ0v) is 12.2. The fraction of sp³-hybridized carbons (Fsp3) is 0.267. The summed E-state index contributed by atoms with van der Waals surface area (Å²) in [7, 11) is 2.08. The van der Waals surface area contributed by atoms with Gasteiger partial charge in [0.25, 0.3) is 0 Å². The van der Waals surface area contributed by atoms with Crippen LogP contribution in [0.5, 0.6) is 0 Å². The molecule has 2 aromatic heterocycles. The Labute approximate surface area is 121 Å². The van der Waals surface area contributed by atoms with Crippen molar-refractivity contribution in [3.63, 3.8) is 0 Å². The first kappa shape index (κ1) is 13.1. The number of aromatic nitrogens is 1. The Bertz CT molecular complexity index is 690. The zero-order chi connectivity index (χ0) is 13.9. The molecule has 0 aliphatic rings. The van der Waals surface area contributed by atoms with Gasteiger partial charge in [0.15, 0.2) is 5.58 Å². The predicted octanol–water partition coefficient (Wildman–Crippen LogP) is 3.15. The van der Waals surface area contributed by atoms with Crippen LogP contribution in [0.4, 0.5) is 5.69 Å². The van der Waals surface area contributed by atoms with E-state index in [1.165, 1.54) is 4.88 Å². The van der Waals surface area contributed by atoms with Crippen molar-refractivity contribution in [1.29, 1.82) is 0 Å². The average Bonchev–Trinajstić information content (AvgIpc) is 3.04. The summed E-state index contributed by atoms with van der Waals surface area (Å²) >= 11 is 1.80. The molecule has 0 spiro atoms. The Morgan fingerprint density at radius 1 is 1.35 bits per heavy atom. The number of hydrogen-bond acceptors (Lipinski definition) is 5. The molecule has 2 N–H and O–H groups in total. The molecule has 5 heteroatoms. The van der Waals surface area contributed by atoms with E-state index in [1.54, 1.807) is 11.3 Å². The minimum absolute atomic E-state index is 0.708. The number of thiophene rings is 1. The van der Waals surface area contributed by atoms with Gasteiger partial charge < -0.3 is 10.2 Å². The van der Waals surface area contributed by atoms with E-state index >= 15 is 0 Å². The summed E-state index contributed by atoms with van der Waals surface area (Å²) in [6.45, 7) is 1.70. The van der Waals surface area contributed by atoms with Gasteiger partial charge in [0, 0.05) is 17.1 Å². The number of benzene rings is 1. The van der Waals surface area contributed by atoms with E-state index in [0.29, 0.717) is 12.2 Å². The second-order valence-corrected chi connectivity index (χ2v) is 5.93. The molecule has 3 aromatic rings. The van der Waals surface area contributed by atoms with Crippen LogP contribution in [0.2, 0.25) is 0 Å². The lowest BCUT2D eigenvalue weighted by molar-refractivity contribution is 0.296. The van der Waals surface area contributed by atoms with Crippen LogP contribution < -0.4 is 5.73 Å². The van der Waals surface area contributed by atoms with Crippen molar-refractivity contribution in [1.82, 2.24) is 9.88 Å². The smallest absolute Gasteiger partial charge is 0.209 e. The van der Waals surface area contributed by atoms with Gasteiger partial charge in [-0.1, -0.05) is 6.07 Å². The first-order valence-corrected chi connectivity index (χ1v) is 7.44. The summed E-state index contributed by atoms with van der Waals surface area (Å²) in [6.07, 6.45) is 1.06. The van der Waals surface area contributed by atoms with Gasteiger partial charge in [0.1, 0.15) is 5.52 Å². The molecule has 20 heavy (non-hydrogen) atoms. The van der Waals surface area contributed by atoms with E-state index in [1.807, 2.05) is 18.2 Å². The molecular formula is C15H17N3OS. The molecule has 1 aromatic carbocycles. The summed E-state index contributed by atoms with van der Waals surface area (Å²) in [4.78, 5) is 8.09. The molecule has 0 radical (unpaired) electrons. The number of anilines is 1. The largest absolute Gasteiger partial charge is 0.439 e. The van der Waals surface area contributed by atoms with Crippen LogP contribution in [-0.2, 0) is 13.0 Å². The normalized spacial score (nSPS) is 11.5. The Kier molecular flexibility index (Phi) is 3.71. The summed E-state index contributed by atoms with van der Waals surface area (Å²) in [5, 5.41) is 2.11. The SMILES string of the molecule is CN(CCc1cccs1)Cc1nc2cc(N)ccc2o1. The van der Waals surface area contributed by atoms with Crippen molar-refractivity contribution >= 4 is 28.1 Å². The number of likely N-dealkylation sites (N-methyl/N-ethyl adjacent to an activating group) is 1. The number of nitrogens with zero attached hydrogens (tertiary/aromatic N) is 2. The van der Waals surface area contributed by atoms with Gasteiger partial charge in [-0.25, -0.2) is 4.98 Å². The highest BCUT2D eigenvalue weighted by molar-refractivity contribution is 7.09. The third-order valence-electron chi connectivity index (χ3n) is 3.18. The summed E-state index contributed by atoms with van der Waals surface area (Å²) < 4.78 is 5.72. The van der Waals surface area contributed by atoms with Gasteiger partial charge in [-0.2, -0.15) is 0 Å². The maximum Gasteiger partial charge on any atom is 0.209 e. The quantitative estimate of drug-likeness (QED) is 0.732. The van der Waals surface area contributed by atoms with Crippen molar-refractivity contribution in [2.24, 2.45) is 0 Å². The topological polar surface area (TPSA) is 55.3 Å². The van der Waals surface area contributed by atoms with Crippen molar-refractivity contribution in [3.8, 4) is 0 Å². The van der Waals surface area contributed by atoms with Crippen molar-refractivity contribution in [3.05, 3.63) is 46.5 Å². The first-order chi connectivity index (χ1) is 9.70. The van der Waals surface area contributed by atoms with Crippen LogP contribution in [0.25, 0.3) is 11.1 Å². The number of fused-ring (bicyclic) bond motifs is 1. The average molecular weight is 287 g/mol. The predicted molar refractivity (Wildman–Crippen MR) is 82.8 cm³/mol.